The number of piperidine rings is 1. The Morgan fingerprint density at radius 3 is 2.39 bits per heavy atom. The zero-order valence-corrected chi connectivity index (χ0v) is 30.3. The number of likely N-dealkylation sites (tertiary alicyclic amines) is 3. The molecule has 1 aliphatic carbocycles. The second-order valence-electron chi connectivity index (χ2n) is 16.5. The van der Waals surface area contributed by atoms with Crippen LogP contribution in [0.15, 0.2) is 60.9 Å². The Labute approximate surface area is 300 Å². The third kappa shape index (κ3) is 6.28. The van der Waals surface area contributed by atoms with E-state index in [1.807, 2.05) is 37.9 Å². The van der Waals surface area contributed by atoms with Crippen LogP contribution in [0, 0.1) is 5.41 Å². The number of hydrogen-bond donors (Lipinski definition) is 1. The highest BCUT2D eigenvalue weighted by atomic mass is 16.6. The average molecular weight is 691 g/mol. The van der Waals surface area contributed by atoms with Crippen LogP contribution in [0.1, 0.15) is 52.5 Å². The Hall–Kier alpha value is -4.35. The third-order valence-corrected chi connectivity index (χ3v) is 11.8. The first-order valence-corrected chi connectivity index (χ1v) is 18.7. The lowest BCUT2D eigenvalue weighted by atomic mass is 9.71. The Kier molecular flexibility index (Phi) is 7.92. The van der Waals surface area contributed by atoms with Crippen LogP contribution in [0.25, 0.3) is 22.2 Å². The molecule has 1 saturated carbocycles. The molecule has 4 saturated heterocycles. The van der Waals surface area contributed by atoms with Gasteiger partial charge in [0.1, 0.15) is 11.4 Å². The lowest BCUT2D eigenvalue weighted by molar-refractivity contribution is -0.0692. The zero-order valence-electron chi connectivity index (χ0n) is 30.3. The number of methoxy groups -OCH3 is 1. The number of fused-ring (bicyclic) bond motifs is 1. The number of rotatable bonds is 8. The fourth-order valence-corrected chi connectivity index (χ4v) is 8.54. The molecule has 1 amide bonds. The monoisotopic (exact) mass is 690 g/mol. The number of benzene rings is 2. The van der Waals surface area contributed by atoms with E-state index in [0.29, 0.717) is 29.5 Å². The predicted octanol–water partition coefficient (Wildman–Crippen LogP) is 6.39. The van der Waals surface area contributed by atoms with E-state index in [0.717, 1.165) is 62.0 Å². The highest BCUT2D eigenvalue weighted by molar-refractivity contribution is 5.95. The smallest absolute Gasteiger partial charge is 0.410 e. The third-order valence-electron chi connectivity index (χ3n) is 11.8. The van der Waals surface area contributed by atoms with Crippen LogP contribution in [-0.4, -0.2) is 112 Å². The van der Waals surface area contributed by atoms with Crippen LogP contribution in [0.5, 0.6) is 5.75 Å². The van der Waals surface area contributed by atoms with Crippen molar-refractivity contribution in [2.75, 3.05) is 69.7 Å². The van der Waals surface area contributed by atoms with Gasteiger partial charge in [0, 0.05) is 103 Å². The number of nitrogens with one attached hydrogen (secondary N) is 1. The van der Waals surface area contributed by atoms with Gasteiger partial charge >= 0.3 is 6.09 Å². The predicted molar refractivity (Wildman–Crippen MR) is 200 cm³/mol. The van der Waals surface area contributed by atoms with Gasteiger partial charge < -0.3 is 29.2 Å². The van der Waals surface area contributed by atoms with Crippen LogP contribution < -0.4 is 15.0 Å². The number of aromatic nitrogens is 3. The first kappa shape index (κ1) is 32.6. The van der Waals surface area contributed by atoms with E-state index in [-0.39, 0.29) is 6.09 Å². The van der Waals surface area contributed by atoms with Crippen molar-refractivity contribution in [1.29, 1.82) is 0 Å². The van der Waals surface area contributed by atoms with Crippen LogP contribution in [0.2, 0.25) is 0 Å². The number of nitrogens with zero attached hydrogens (tertiary/aromatic N) is 7. The van der Waals surface area contributed by atoms with E-state index in [2.05, 4.69) is 78.2 Å². The topological polar surface area (TPSA) is 91.2 Å². The lowest BCUT2D eigenvalue weighted by Gasteiger charge is -2.58. The zero-order chi connectivity index (χ0) is 34.9. The van der Waals surface area contributed by atoms with Crippen molar-refractivity contribution in [1.82, 2.24) is 29.2 Å². The van der Waals surface area contributed by atoms with Crippen LogP contribution in [0.3, 0.4) is 0 Å². The van der Waals surface area contributed by atoms with Crippen molar-refractivity contribution in [2.24, 2.45) is 5.41 Å². The minimum absolute atomic E-state index is 0.183. The van der Waals surface area contributed by atoms with Crippen LogP contribution >= 0.6 is 0 Å². The minimum atomic E-state index is -0.439. The highest BCUT2D eigenvalue weighted by Gasteiger charge is 2.48. The number of ether oxygens (including phenoxy) is 2. The van der Waals surface area contributed by atoms with Crippen molar-refractivity contribution in [3.05, 3.63) is 60.9 Å². The van der Waals surface area contributed by atoms with Crippen molar-refractivity contribution >= 4 is 34.3 Å². The van der Waals surface area contributed by atoms with Gasteiger partial charge in [0.05, 0.1) is 18.5 Å². The Balaban J connectivity index is 0.774. The molecule has 2 aromatic heterocycles. The molecule has 2 aromatic carbocycles. The van der Waals surface area contributed by atoms with Crippen LogP contribution in [0.4, 0.5) is 22.1 Å². The number of carbonyl (C=O) groups excluding carboxylic acids is 1. The molecular formula is C40H50N8O3. The molecule has 11 heteroatoms. The summed E-state index contributed by atoms with van der Waals surface area (Å²) in [5.41, 5.74) is 5.34. The van der Waals surface area contributed by atoms with Gasteiger partial charge in [0.25, 0.3) is 0 Å². The summed E-state index contributed by atoms with van der Waals surface area (Å²) in [5.74, 6) is 1.35. The molecule has 268 valence electrons. The Morgan fingerprint density at radius 1 is 0.922 bits per heavy atom. The molecular weight excluding hydrogens is 640 g/mol. The number of hydrogen-bond acceptors (Lipinski definition) is 9. The largest absolute Gasteiger partial charge is 0.494 e. The number of anilines is 3. The van der Waals surface area contributed by atoms with Crippen molar-refractivity contribution < 1.29 is 14.3 Å². The molecule has 1 N–H and O–H groups in total. The summed E-state index contributed by atoms with van der Waals surface area (Å²) in [4.78, 5) is 31.4. The molecule has 11 nitrogen and oxygen atoms in total. The van der Waals surface area contributed by atoms with Gasteiger partial charge in [-0.2, -0.15) is 0 Å². The Bertz CT molecular complexity index is 1920. The first-order valence-electron chi connectivity index (χ1n) is 18.7. The van der Waals surface area contributed by atoms with E-state index < -0.39 is 5.60 Å². The van der Waals surface area contributed by atoms with Gasteiger partial charge in [-0.1, -0.05) is 18.2 Å². The maximum atomic E-state index is 12.3. The molecule has 51 heavy (non-hydrogen) atoms. The van der Waals surface area contributed by atoms with Crippen molar-refractivity contribution in [3.63, 3.8) is 0 Å². The van der Waals surface area contributed by atoms with Gasteiger partial charge in [-0.25, -0.2) is 14.8 Å². The fourth-order valence-electron chi connectivity index (χ4n) is 8.54. The highest BCUT2D eigenvalue weighted by Crippen LogP contribution is 2.45. The second-order valence-corrected chi connectivity index (χ2v) is 16.5. The molecule has 0 radical (unpaired) electrons. The molecule has 4 aliphatic heterocycles. The van der Waals surface area contributed by atoms with Gasteiger partial charge in [-0.05, 0) is 83.8 Å². The maximum absolute atomic E-state index is 12.3. The summed E-state index contributed by atoms with van der Waals surface area (Å²) in [6.07, 6.45) is 8.88. The number of carbonyl (C=O) groups is 1. The molecule has 5 aliphatic rings. The number of para-hydroxylation sites is 1. The summed E-state index contributed by atoms with van der Waals surface area (Å²) in [6, 6.07) is 18.7. The normalized spacial score (nSPS) is 21.3. The van der Waals surface area contributed by atoms with E-state index in [4.69, 9.17) is 14.5 Å². The van der Waals surface area contributed by atoms with E-state index >= 15 is 0 Å². The SMILES string of the molecule is COc1cc(N2CC3(CCN(C4CN(C5CN(C(=O)OC(C)(C)C)C5)C4)CC3)C2)ccc1Nc1nccc(-c2cn(C3CC3)c3ccccc23)n1. The quantitative estimate of drug-likeness (QED) is 0.226. The summed E-state index contributed by atoms with van der Waals surface area (Å²) in [7, 11) is 1.73. The van der Waals surface area contributed by atoms with Crippen molar-refractivity contribution in [2.45, 2.75) is 70.2 Å². The second kappa shape index (κ2) is 12.4. The average Bonchev–Trinajstić information content (AvgIpc) is 3.83. The molecule has 0 unspecified atom stereocenters. The Morgan fingerprint density at radius 2 is 1.67 bits per heavy atom. The van der Waals surface area contributed by atoms with Gasteiger partial charge in [-0.15, -0.1) is 0 Å². The molecule has 0 bridgehead atoms. The molecule has 4 aromatic rings. The van der Waals surface area contributed by atoms with Gasteiger partial charge in [0.2, 0.25) is 5.95 Å². The van der Waals surface area contributed by atoms with Crippen LogP contribution in [-0.2, 0) is 4.74 Å². The first-order chi connectivity index (χ1) is 24.6. The summed E-state index contributed by atoms with van der Waals surface area (Å²) in [5, 5.41) is 4.66. The van der Waals surface area contributed by atoms with Gasteiger partial charge in [-0.3, -0.25) is 9.80 Å². The minimum Gasteiger partial charge on any atom is -0.494 e. The lowest BCUT2D eigenvalue weighted by Crippen LogP contribution is -2.71. The fraction of sp³-hybridized carbons (Fsp3) is 0.525. The molecule has 9 rings (SSSR count). The van der Waals surface area contributed by atoms with E-state index in [1.165, 1.54) is 55.4 Å². The molecule has 1 spiro atoms. The van der Waals surface area contributed by atoms with E-state index in [1.54, 1.807) is 7.11 Å². The molecule has 0 atom stereocenters. The molecule has 6 heterocycles. The maximum Gasteiger partial charge on any atom is 0.410 e. The summed E-state index contributed by atoms with van der Waals surface area (Å²) >= 11 is 0. The summed E-state index contributed by atoms with van der Waals surface area (Å²) in [6.45, 7) is 14.1. The molecule has 5 fully saturated rings. The van der Waals surface area contributed by atoms with Gasteiger partial charge in [0.15, 0.2) is 0 Å². The number of amides is 1. The summed E-state index contributed by atoms with van der Waals surface area (Å²) < 4.78 is 13.8. The van der Waals surface area contributed by atoms with E-state index in [9.17, 15) is 4.79 Å². The van der Waals surface area contributed by atoms with Crippen molar-refractivity contribution in [3.8, 4) is 17.0 Å². The standard InChI is InChI=1S/C40H50N8O3/c1-39(2,3)51-38(49)46-22-30(23-46)45-20-29(21-45)44-17-14-40(15-18-44)25-47(26-40)28-11-12-34(36(19-28)50-4)43-37-41-16-13-33(42-37)32-24-48(27-9-10-27)35-8-6-5-7-31(32)35/h5-8,11-13,16,19,24,27,29-30H,9-10,14-15,17-18,20-23,25-26H2,1-4H3,(H,41,42,43).